The number of esters is 1. The van der Waals surface area contributed by atoms with Gasteiger partial charge < -0.3 is 14.8 Å². The van der Waals surface area contributed by atoms with Gasteiger partial charge in [-0.25, -0.2) is 9.59 Å². The van der Waals surface area contributed by atoms with Crippen LogP contribution in [0.1, 0.15) is 33.6 Å². The topological polar surface area (TPSA) is 118 Å². The van der Waals surface area contributed by atoms with E-state index in [1.807, 2.05) is 0 Å². The van der Waals surface area contributed by atoms with Crippen LogP contribution in [0.5, 0.6) is 0 Å². The van der Waals surface area contributed by atoms with E-state index in [0.29, 0.717) is 25.2 Å². The number of hydrogen-bond donors (Lipinski definition) is 3. The molecule has 9 heteroatoms. The number of rotatable bonds is 6. The predicted octanol–water partition coefficient (Wildman–Crippen LogP) is 0.112. The van der Waals surface area contributed by atoms with Gasteiger partial charge in [0.05, 0.1) is 7.11 Å². The molecule has 0 unspecified atom stereocenters. The molecule has 0 saturated carbocycles. The van der Waals surface area contributed by atoms with Gasteiger partial charge in [0.1, 0.15) is 17.5 Å². The molecule has 9 nitrogen and oxygen atoms in total. The maximum Gasteiger partial charge on any atom is 0.408 e. The highest BCUT2D eigenvalue weighted by atomic mass is 16.6. The number of hydrazine groups is 1. The maximum absolute atomic E-state index is 11.9. The van der Waals surface area contributed by atoms with Crippen LogP contribution in [0.3, 0.4) is 0 Å². The van der Waals surface area contributed by atoms with Crippen molar-refractivity contribution in [3.63, 3.8) is 0 Å². The second-order valence-electron chi connectivity index (χ2n) is 6.10. The van der Waals surface area contributed by atoms with Crippen molar-refractivity contribution in [1.82, 2.24) is 16.2 Å². The maximum atomic E-state index is 11.9. The van der Waals surface area contributed by atoms with Gasteiger partial charge in [-0.2, -0.15) is 0 Å². The molecule has 0 bridgehead atoms. The summed E-state index contributed by atoms with van der Waals surface area (Å²) < 4.78 is 9.89. The molecule has 0 saturated heterocycles. The van der Waals surface area contributed by atoms with E-state index in [9.17, 15) is 14.4 Å². The van der Waals surface area contributed by atoms with E-state index in [2.05, 4.69) is 21.2 Å². The third-order valence-corrected chi connectivity index (χ3v) is 3.10. The fourth-order valence-corrected chi connectivity index (χ4v) is 2.17. The predicted molar refractivity (Wildman–Crippen MR) is 82.5 cm³/mol. The van der Waals surface area contributed by atoms with E-state index in [0.717, 1.165) is 0 Å². The molecule has 130 valence electrons. The summed E-state index contributed by atoms with van der Waals surface area (Å²) in [6, 6.07) is -0.860. The second-order valence-corrected chi connectivity index (χ2v) is 6.10. The summed E-state index contributed by atoms with van der Waals surface area (Å²) in [5, 5.41) is 2.52. The number of carbonyl (C=O) groups is 3. The average molecular weight is 328 g/mol. The molecule has 0 aromatic rings. The van der Waals surface area contributed by atoms with Gasteiger partial charge in [0.15, 0.2) is 0 Å². The van der Waals surface area contributed by atoms with Crippen molar-refractivity contribution in [2.75, 3.05) is 13.7 Å². The number of nitrogens with zero attached hydrogens (tertiary/aromatic N) is 1. The molecule has 0 aromatic carbocycles. The Balaban J connectivity index is 2.68. The summed E-state index contributed by atoms with van der Waals surface area (Å²) in [6.07, 6.45) is 0.794. The largest absolute Gasteiger partial charge is 0.467 e. The first-order valence-electron chi connectivity index (χ1n) is 7.33. The van der Waals surface area contributed by atoms with E-state index >= 15 is 0 Å². The van der Waals surface area contributed by atoms with Crippen LogP contribution in [0, 0.1) is 5.92 Å². The number of aliphatic imine (C=N–C) groups is 1. The van der Waals surface area contributed by atoms with E-state index < -0.39 is 23.7 Å². The van der Waals surface area contributed by atoms with Gasteiger partial charge in [-0.05, 0) is 33.6 Å². The Kier molecular flexibility index (Phi) is 6.80. The monoisotopic (exact) mass is 328 g/mol. The van der Waals surface area contributed by atoms with Crippen LogP contribution in [-0.4, -0.2) is 49.6 Å². The Hall–Kier alpha value is -2.32. The summed E-state index contributed by atoms with van der Waals surface area (Å²) in [6.45, 7) is 5.78. The number of hydrogen-bond acceptors (Lipinski definition) is 7. The van der Waals surface area contributed by atoms with E-state index in [1.54, 1.807) is 20.8 Å². The highest BCUT2D eigenvalue weighted by molar-refractivity contribution is 5.88. The third kappa shape index (κ3) is 6.54. The molecule has 3 N–H and O–H groups in total. The Morgan fingerprint density at radius 3 is 2.70 bits per heavy atom. The molecule has 1 aliphatic rings. The van der Waals surface area contributed by atoms with Crippen molar-refractivity contribution in [2.45, 2.75) is 45.3 Å². The first kappa shape index (κ1) is 18.7. The zero-order valence-electron chi connectivity index (χ0n) is 13.8. The summed E-state index contributed by atoms with van der Waals surface area (Å²) in [4.78, 5) is 38.3. The molecule has 0 fully saturated rings. The lowest BCUT2D eigenvalue weighted by molar-refractivity contribution is -0.143. The lowest BCUT2D eigenvalue weighted by atomic mass is 9.97. The summed E-state index contributed by atoms with van der Waals surface area (Å²) in [7, 11) is 1.25. The Morgan fingerprint density at radius 2 is 2.13 bits per heavy atom. The van der Waals surface area contributed by atoms with Crippen LogP contribution in [0.15, 0.2) is 4.99 Å². The van der Waals surface area contributed by atoms with Gasteiger partial charge in [0.2, 0.25) is 6.41 Å². The van der Waals surface area contributed by atoms with Gasteiger partial charge in [-0.15, -0.1) is 0 Å². The van der Waals surface area contributed by atoms with Crippen molar-refractivity contribution in [2.24, 2.45) is 10.9 Å². The fourth-order valence-electron chi connectivity index (χ4n) is 2.17. The molecule has 1 rings (SSSR count). The molecule has 0 aromatic heterocycles. The van der Waals surface area contributed by atoms with Crippen molar-refractivity contribution < 1.29 is 23.9 Å². The smallest absolute Gasteiger partial charge is 0.408 e. The first-order chi connectivity index (χ1) is 10.8. The second kappa shape index (κ2) is 8.35. The molecule has 1 aliphatic heterocycles. The lowest BCUT2D eigenvalue weighted by Gasteiger charge is -2.24. The minimum absolute atomic E-state index is 0.110. The van der Waals surface area contributed by atoms with Crippen molar-refractivity contribution in [3.8, 4) is 0 Å². The molecule has 0 aliphatic carbocycles. The van der Waals surface area contributed by atoms with Crippen molar-refractivity contribution in [1.29, 1.82) is 0 Å². The number of alkyl carbamates (subject to hydrolysis) is 1. The van der Waals surface area contributed by atoms with Crippen molar-refractivity contribution >= 4 is 24.3 Å². The molecule has 0 radical (unpaired) electrons. The average Bonchev–Trinajstić information content (AvgIpc) is 2.88. The zero-order valence-corrected chi connectivity index (χ0v) is 13.8. The van der Waals surface area contributed by atoms with Gasteiger partial charge in [0, 0.05) is 12.5 Å². The summed E-state index contributed by atoms with van der Waals surface area (Å²) in [5.41, 5.74) is 4.32. The lowest BCUT2D eigenvalue weighted by Crippen LogP contribution is -2.47. The van der Waals surface area contributed by atoms with Gasteiger partial charge in [0.25, 0.3) is 0 Å². The highest BCUT2D eigenvalue weighted by Gasteiger charge is 2.31. The van der Waals surface area contributed by atoms with E-state index in [4.69, 9.17) is 9.47 Å². The first-order valence-corrected chi connectivity index (χ1v) is 7.33. The Labute approximate surface area is 135 Å². The SMILES string of the molecule is COC(=O)[C@H](C[C@@H]1CCN=C1NNC=O)NC(=O)OC(C)(C)C. The minimum atomic E-state index is -0.860. The van der Waals surface area contributed by atoms with Crippen LogP contribution in [-0.2, 0) is 19.1 Å². The highest BCUT2D eigenvalue weighted by Crippen LogP contribution is 2.19. The normalized spacial score (nSPS) is 18.4. The molecular formula is C14H24N4O5. The van der Waals surface area contributed by atoms with E-state index in [1.165, 1.54) is 7.11 Å². The van der Waals surface area contributed by atoms with Gasteiger partial charge in [-0.1, -0.05) is 0 Å². The fraction of sp³-hybridized carbons (Fsp3) is 0.714. The van der Waals surface area contributed by atoms with Gasteiger partial charge in [-0.3, -0.25) is 20.6 Å². The van der Waals surface area contributed by atoms with E-state index in [-0.39, 0.29) is 12.3 Å². The molecule has 2 amide bonds. The molecular weight excluding hydrogens is 304 g/mol. The molecule has 0 spiro atoms. The number of carbonyl (C=O) groups excluding carboxylic acids is 3. The summed E-state index contributed by atoms with van der Waals surface area (Å²) >= 11 is 0. The molecule has 1 heterocycles. The molecule has 2 atom stereocenters. The number of ether oxygens (including phenoxy) is 2. The van der Waals surface area contributed by atoms with Crippen LogP contribution in [0.2, 0.25) is 0 Å². The van der Waals surface area contributed by atoms with Crippen LogP contribution >= 0.6 is 0 Å². The quantitative estimate of drug-likeness (QED) is 0.362. The number of amides is 2. The van der Waals surface area contributed by atoms with Gasteiger partial charge >= 0.3 is 12.1 Å². The van der Waals surface area contributed by atoms with Crippen molar-refractivity contribution in [3.05, 3.63) is 0 Å². The Bertz CT molecular complexity index is 472. The standard InChI is InChI=1S/C14H24N4O5/c1-14(2,3)23-13(21)17-10(12(20)22-4)7-9-5-6-15-11(9)18-16-8-19/h8-10H,5-7H2,1-4H3,(H,15,18)(H,16,19)(H,17,21)/t9-,10-/m0/s1. The van der Waals surface area contributed by atoms with Crippen LogP contribution in [0.4, 0.5) is 4.79 Å². The number of methoxy groups -OCH3 is 1. The number of nitrogens with one attached hydrogen (secondary N) is 3. The Morgan fingerprint density at radius 1 is 1.43 bits per heavy atom. The number of amidine groups is 1. The summed E-state index contributed by atoms with van der Waals surface area (Å²) in [5.74, 6) is -0.107. The third-order valence-electron chi connectivity index (χ3n) is 3.10. The molecule has 23 heavy (non-hydrogen) atoms. The van der Waals surface area contributed by atoms with Crippen LogP contribution in [0.25, 0.3) is 0 Å². The minimum Gasteiger partial charge on any atom is -0.467 e. The zero-order chi connectivity index (χ0) is 17.5. The van der Waals surface area contributed by atoms with Crippen LogP contribution < -0.4 is 16.2 Å².